The molecule has 3 rings (SSSR count). The smallest absolute Gasteiger partial charge is 0.412 e. The number of rotatable bonds is 7. The third-order valence-corrected chi connectivity index (χ3v) is 6.57. The molecule has 0 bridgehead atoms. The van der Waals surface area contributed by atoms with Crippen LogP contribution in [0, 0.1) is 5.92 Å². The van der Waals surface area contributed by atoms with Gasteiger partial charge in [0.05, 0.1) is 23.5 Å². The molecule has 190 valence electrons. The fourth-order valence-electron chi connectivity index (χ4n) is 4.33. The number of halogens is 1. The number of amides is 1. The van der Waals surface area contributed by atoms with E-state index in [1.165, 1.54) is 4.90 Å². The average molecular weight is 516 g/mol. The van der Waals surface area contributed by atoms with E-state index in [1.807, 2.05) is 20.8 Å². The molecule has 2 unspecified atom stereocenters. The summed E-state index contributed by atoms with van der Waals surface area (Å²) in [5.74, 6) is 0.679. The summed E-state index contributed by atoms with van der Waals surface area (Å²) in [6, 6.07) is 5.65. The van der Waals surface area contributed by atoms with Gasteiger partial charge in [-0.05, 0) is 50.9 Å². The highest BCUT2D eigenvalue weighted by Crippen LogP contribution is 2.36. The fraction of sp³-hybridized carbons (Fsp3) is 0.591. The molecule has 2 aromatic rings. The van der Waals surface area contributed by atoms with Gasteiger partial charge in [0.25, 0.3) is 5.89 Å². The number of hydrogen-bond donors (Lipinski definition) is 3. The lowest BCUT2D eigenvalue weighted by Crippen LogP contribution is -2.57. The maximum atomic E-state index is 12.7. The van der Waals surface area contributed by atoms with Crippen LogP contribution in [-0.4, -0.2) is 61.2 Å². The molecule has 1 aromatic heterocycles. The number of hydrogen-bond acceptors (Lipinski definition) is 7. The predicted molar refractivity (Wildman–Crippen MR) is 133 cm³/mol. The van der Waals surface area contributed by atoms with Gasteiger partial charge in [0.1, 0.15) is 0 Å². The van der Waals surface area contributed by atoms with Crippen LogP contribution in [0.3, 0.4) is 0 Å². The van der Waals surface area contributed by atoms with Gasteiger partial charge in [0.2, 0.25) is 10.0 Å². The molecule has 1 amide bonds. The number of nitrogens with zero attached hydrogens (tertiary/aromatic N) is 3. The van der Waals surface area contributed by atoms with Crippen molar-refractivity contribution in [2.24, 2.45) is 5.92 Å². The Hall–Kier alpha value is -2.21. The van der Waals surface area contributed by atoms with Crippen molar-refractivity contribution in [2.75, 3.05) is 24.2 Å². The Labute approximate surface area is 207 Å². The van der Waals surface area contributed by atoms with Crippen LogP contribution in [0.15, 0.2) is 28.8 Å². The van der Waals surface area contributed by atoms with Crippen molar-refractivity contribution < 1.29 is 22.8 Å². The van der Waals surface area contributed by atoms with E-state index in [1.54, 1.807) is 31.2 Å². The lowest BCUT2D eigenvalue weighted by Gasteiger charge is -2.41. The van der Waals surface area contributed by atoms with E-state index in [0.717, 1.165) is 32.2 Å². The zero-order chi connectivity index (χ0) is 24.4. The number of sulfonamides is 1. The first-order chi connectivity index (χ1) is 15.4. The van der Waals surface area contributed by atoms with Crippen molar-refractivity contribution in [2.45, 2.75) is 58.0 Å². The molecule has 2 atom stereocenters. The first-order valence-corrected chi connectivity index (χ1v) is 12.9. The lowest BCUT2D eigenvalue weighted by atomic mass is 9.85. The Morgan fingerprint density at radius 2 is 1.88 bits per heavy atom. The van der Waals surface area contributed by atoms with Gasteiger partial charge in [-0.3, -0.25) is 4.90 Å². The maximum Gasteiger partial charge on any atom is 0.412 e. The number of aromatic nitrogens is 2. The summed E-state index contributed by atoms with van der Waals surface area (Å²) in [5, 5.41) is 17.7. The standard InChI is InChI=1S/C22H33N5O5S.ClH/c1-14(26-33(5,30)31)18(15-10-12-23-13-11-15)27(21(28)29)17-9-7-6-8-16(17)19-24-20(25-32-19)22(2,3)4;/h6-9,14-15,18,23,26H,10-13H2,1-5H3,(H,28,29);1H. The Kier molecular flexibility index (Phi) is 9.09. The van der Waals surface area contributed by atoms with Crippen LogP contribution in [0.25, 0.3) is 11.5 Å². The van der Waals surface area contributed by atoms with Gasteiger partial charge < -0.3 is 14.9 Å². The number of para-hydroxylation sites is 1. The number of nitrogens with one attached hydrogen (secondary N) is 2. The summed E-state index contributed by atoms with van der Waals surface area (Å²) in [6.45, 7) is 9.06. The van der Waals surface area contributed by atoms with Crippen LogP contribution >= 0.6 is 12.4 Å². The number of carboxylic acid groups (broad SMARTS) is 1. The van der Waals surface area contributed by atoms with Crippen LogP contribution in [-0.2, 0) is 15.4 Å². The van der Waals surface area contributed by atoms with Crippen molar-refractivity contribution >= 4 is 34.2 Å². The Bertz CT molecular complexity index is 1080. The van der Waals surface area contributed by atoms with Gasteiger partial charge in [-0.15, -0.1) is 12.4 Å². The highest BCUT2D eigenvalue weighted by molar-refractivity contribution is 7.88. The zero-order valence-electron chi connectivity index (χ0n) is 20.1. The second-order valence-corrected chi connectivity index (χ2v) is 11.4. The first-order valence-electron chi connectivity index (χ1n) is 11.0. The molecular weight excluding hydrogens is 482 g/mol. The molecule has 2 heterocycles. The molecule has 1 saturated heterocycles. The van der Waals surface area contributed by atoms with Crippen LogP contribution in [0.2, 0.25) is 0 Å². The minimum Gasteiger partial charge on any atom is -0.465 e. The van der Waals surface area contributed by atoms with Crippen molar-refractivity contribution in [3.05, 3.63) is 30.1 Å². The minimum absolute atomic E-state index is 0. The number of piperidine rings is 1. The van der Waals surface area contributed by atoms with E-state index in [0.29, 0.717) is 17.1 Å². The van der Waals surface area contributed by atoms with Crippen LogP contribution < -0.4 is 14.9 Å². The Morgan fingerprint density at radius 1 is 1.26 bits per heavy atom. The maximum absolute atomic E-state index is 12.7. The van der Waals surface area contributed by atoms with Crippen molar-refractivity contribution in [1.82, 2.24) is 20.2 Å². The quantitative estimate of drug-likeness (QED) is 0.511. The van der Waals surface area contributed by atoms with Gasteiger partial charge in [-0.25, -0.2) is 17.9 Å². The van der Waals surface area contributed by atoms with Gasteiger partial charge in [-0.1, -0.05) is 38.1 Å². The third-order valence-electron chi connectivity index (χ3n) is 5.77. The third kappa shape index (κ3) is 6.68. The molecule has 1 aliphatic heterocycles. The minimum atomic E-state index is -3.55. The zero-order valence-corrected chi connectivity index (χ0v) is 21.7. The highest BCUT2D eigenvalue weighted by atomic mass is 35.5. The van der Waals surface area contributed by atoms with E-state index in [9.17, 15) is 18.3 Å². The summed E-state index contributed by atoms with van der Waals surface area (Å²) in [6.07, 6.45) is 1.35. The summed E-state index contributed by atoms with van der Waals surface area (Å²) in [5.41, 5.74) is 0.516. The van der Waals surface area contributed by atoms with E-state index >= 15 is 0 Å². The van der Waals surface area contributed by atoms with E-state index < -0.39 is 28.2 Å². The highest BCUT2D eigenvalue weighted by Gasteiger charge is 2.39. The molecule has 12 heteroatoms. The lowest BCUT2D eigenvalue weighted by molar-refractivity contribution is 0.188. The molecule has 1 aliphatic rings. The average Bonchev–Trinajstić information content (AvgIpc) is 3.21. The summed E-state index contributed by atoms with van der Waals surface area (Å²) >= 11 is 0. The van der Waals surface area contributed by atoms with E-state index in [4.69, 9.17) is 4.52 Å². The monoisotopic (exact) mass is 515 g/mol. The summed E-state index contributed by atoms with van der Waals surface area (Å²) < 4.78 is 32.2. The molecule has 3 N–H and O–H groups in total. The van der Waals surface area contributed by atoms with Crippen LogP contribution in [0.5, 0.6) is 0 Å². The SMILES string of the molecule is CC(NS(C)(=O)=O)C(C1CCNCC1)N(C(=O)O)c1ccccc1-c1nc(C(C)(C)C)no1.Cl. The number of carbonyl (C=O) groups is 1. The molecule has 0 saturated carbocycles. The van der Waals surface area contributed by atoms with Crippen molar-refractivity contribution in [3.63, 3.8) is 0 Å². The first kappa shape index (κ1) is 28.0. The van der Waals surface area contributed by atoms with E-state index in [-0.39, 0.29) is 29.6 Å². The molecule has 0 spiro atoms. The number of benzene rings is 1. The van der Waals surface area contributed by atoms with Crippen molar-refractivity contribution in [3.8, 4) is 11.5 Å². The van der Waals surface area contributed by atoms with Crippen LogP contribution in [0.4, 0.5) is 10.5 Å². The summed E-state index contributed by atoms with van der Waals surface area (Å²) in [4.78, 5) is 18.4. The fourth-order valence-corrected chi connectivity index (χ4v) is 5.14. The largest absolute Gasteiger partial charge is 0.465 e. The Balaban J connectivity index is 0.00000408. The molecular formula is C22H34ClN5O5S. The molecule has 0 aliphatic carbocycles. The van der Waals surface area contributed by atoms with E-state index in [2.05, 4.69) is 20.2 Å². The second-order valence-electron chi connectivity index (χ2n) is 9.60. The van der Waals surface area contributed by atoms with Crippen LogP contribution in [0.1, 0.15) is 46.4 Å². The van der Waals surface area contributed by atoms with Gasteiger partial charge in [0, 0.05) is 11.5 Å². The molecule has 10 nitrogen and oxygen atoms in total. The summed E-state index contributed by atoms with van der Waals surface area (Å²) in [7, 11) is -3.55. The second kappa shape index (κ2) is 11.0. The Morgan fingerprint density at radius 3 is 2.41 bits per heavy atom. The van der Waals surface area contributed by atoms with Gasteiger partial charge >= 0.3 is 6.09 Å². The molecule has 1 fully saturated rings. The normalized spacial score (nSPS) is 17.0. The predicted octanol–water partition coefficient (Wildman–Crippen LogP) is 3.25. The van der Waals surface area contributed by atoms with Gasteiger partial charge in [-0.2, -0.15) is 4.98 Å². The van der Waals surface area contributed by atoms with Crippen molar-refractivity contribution in [1.29, 1.82) is 0 Å². The topological polar surface area (TPSA) is 138 Å². The molecule has 0 radical (unpaired) electrons. The molecule has 34 heavy (non-hydrogen) atoms. The molecule has 1 aromatic carbocycles. The van der Waals surface area contributed by atoms with Gasteiger partial charge in [0.15, 0.2) is 5.82 Å². The number of anilines is 1.